The van der Waals surface area contributed by atoms with Crippen molar-refractivity contribution in [3.05, 3.63) is 54.0 Å². The van der Waals surface area contributed by atoms with Gasteiger partial charge in [0, 0.05) is 39.3 Å². The van der Waals surface area contributed by atoms with Crippen LogP contribution < -0.4 is 5.32 Å². The zero-order valence-corrected chi connectivity index (χ0v) is 15.8. The second-order valence-electron chi connectivity index (χ2n) is 6.47. The van der Waals surface area contributed by atoms with Crippen LogP contribution in [0.15, 0.2) is 42.7 Å². The SMILES string of the molecule is CCN(Cc1ccccc1)C(=O)c1cnc(NCCN2CCOCC2)cn1. The fraction of sp³-hybridized carbons (Fsp3) is 0.450. The quantitative estimate of drug-likeness (QED) is 0.766. The van der Waals surface area contributed by atoms with Gasteiger partial charge in [-0.1, -0.05) is 30.3 Å². The highest BCUT2D eigenvalue weighted by Crippen LogP contribution is 2.09. The second kappa shape index (κ2) is 9.99. The molecule has 0 unspecified atom stereocenters. The van der Waals surface area contributed by atoms with Crippen LogP contribution in [0, 0.1) is 0 Å². The first kappa shape index (κ1) is 19.3. The summed E-state index contributed by atoms with van der Waals surface area (Å²) in [6.45, 7) is 8.41. The van der Waals surface area contributed by atoms with E-state index in [1.807, 2.05) is 37.3 Å². The van der Waals surface area contributed by atoms with Crippen molar-refractivity contribution in [2.45, 2.75) is 13.5 Å². The van der Waals surface area contributed by atoms with Gasteiger partial charge in [-0.05, 0) is 12.5 Å². The van der Waals surface area contributed by atoms with Crippen molar-refractivity contribution in [2.24, 2.45) is 0 Å². The Kier molecular flexibility index (Phi) is 7.12. The number of carbonyl (C=O) groups is 1. The van der Waals surface area contributed by atoms with Crippen molar-refractivity contribution in [2.75, 3.05) is 51.3 Å². The summed E-state index contributed by atoms with van der Waals surface area (Å²) in [5, 5.41) is 3.26. The van der Waals surface area contributed by atoms with Gasteiger partial charge in [0.25, 0.3) is 5.91 Å². The summed E-state index contributed by atoms with van der Waals surface area (Å²) >= 11 is 0. The number of benzene rings is 1. The van der Waals surface area contributed by atoms with Crippen LogP contribution in [0.2, 0.25) is 0 Å². The van der Waals surface area contributed by atoms with E-state index in [4.69, 9.17) is 4.74 Å². The monoisotopic (exact) mass is 369 g/mol. The molecule has 2 aromatic rings. The third kappa shape index (κ3) is 5.74. The van der Waals surface area contributed by atoms with Gasteiger partial charge in [0.1, 0.15) is 11.5 Å². The number of amides is 1. The summed E-state index contributed by atoms with van der Waals surface area (Å²) in [6, 6.07) is 9.96. The number of hydrogen-bond acceptors (Lipinski definition) is 6. The molecular weight excluding hydrogens is 342 g/mol. The molecule has 1 fully saturated rings. The van der Waals surface area contributed by atoms with Crippen LogP contribution in [0.4, 0.5) is 5.82 Å². The Morgan fingerprint density at radius 1 is 1.19 bits per heavy atom. The van der Waals surface area contributed by atoms with Gasteiger partial charge in [0.2, 0.25) is 0 Å². The first-order valence-electron chi connectivity index (χ1n) is 9.45. The molecule has 1 aliphatic rings. The molecule has 144 valence electrons. The summed E-state index contributed by atoms with van der Waals surface area (Å²) in [5.41, 5.74) is 1.47. The van der Waals surface area contributed by atoms with E-state index in [1.54, 1.807) is 17.3 Å². The number of aromatic nitrogens is 2. The van der Waals surface area contributed by atoms with Crippen molar-refractivity contribution in [1.29, 1.82) is 0 Å². The molecule has 0 radical (unpaired) electrons. The third-order valence-corrected chi connectivity index (χ3v) is 4.59. The molecular formula is C20H27N5O2. The number of carbonyl (C=O) groups excluding carboxylic acids is 1. The average molecular weight is 369 g/mol. The molecule has 3 rings (SSSR count). The van der Waals surface area contributed by atoms with E-state index in [9.17, 15) is 4.79 Å². The van der Waals surface area contributed by atoms with E-state index < -0.39 is 0 Å². The van der Waals surface area contributed by atoms with Gasteiger partial charge in [-0.15, -0.1) is 0 Å². The number of morpholine rings is 1. The molecule has 7 nitrogen and oxygen atoms in total. The number of rotatable bonds is 8. The maximum Gasteiger partial charge on any atom is 0.274 e. The first-order chi connectivity index (χ1) is 13.3. The van der Waals surface area contributed by atoms with E-state index in [0.29, 0.717) is 24.6 Å². The maximum absolute atomic E-state index is 12.7. The number of hydrogen-bond donors (Lipinski definition) is 1. The van der Waals surface area contributed by atoms with Crippen molar-refractivity contribution in [3.8, 4) is 0 Å². The molecule has 1 saturated heterocycles. The summed E-state index contributed by atoms with van der Waals surface area (Å²) in [4.78, 5) is 25.5. The van der Waals surface area contributed by atoms with Crippen LogP contribution in [0.5, 0.6) is 0 Å². The Bertz CT molecular complexity index is 702. The summed E-state index contributed by atoms with van der Waals surface area (Å²) in [7, 11) is 0. The lowest BCUT2D eigenvalue weighted by molar-refractivity contribution is 0.0398. The fourth-order valence-corrected chi connectivity index (χ4v) is 2.99. The zero-order valence-electron chi connectivity index (χ0n) is 15.8. The standard InChI is InChI=1S/C20H27N5O2/c1-2-25(16-17-6-4-3-5-7-17)20(26)18-14-23-19(15-22-18)21-8-9-24-10-12-27-13-11-24/h3-7,14-15H,2,8-13,16H2,1H3,(H,21,23). The molecule has 0 saturated carbocycles. The molecule has 1 amide bonds. The normalized spacial score (nSPS) is 14.7. The minimum atomic E-state index is -0.103. The summed E-state index contributed by atoms with van der Waals surface area (Å²) in [6.07, 6.45) is 3.18. The minimum Gasteiger partial charge on any atom is -0.379 e. The highest BCUT2D eigenvalue weighted by molar-refractivity contribution is 5.92. The predicted molar refractivity (Wildman–Crippen MR) is 105 cm³/mol. The molecule has 0 aliphatic carbocycles. The Hall–Kier alpha value is -2.51. The Labute approximate surface area is 160 Å². The average Bonchev–Trinajstić information content (AvgIpc) is 2.73. The zero-order chi connectivity index (χ0) is 18.9. The Morgan fingerprint density at radius 3 is 2.63 bits per heavy atom. The number of nitrogens with one attached hydrogen (secondary N) is 1. The first-order valence-corrected chi connectivity index (χ1v) is 9.45. The van der Waals surface area contributed by atoms with Gasteiger partial charge >= 0.3 is 0 Å². The van der Waals surface area contributed by atoms with E-state index >= 15 is 0 Å². The summed E-state index contributed by atoms with van der Waals surface area (Å²) < 4.78 is 5.35. The van der Waals surface area contributed by atoms with E-state index in [0.717, 1.165) is 45.0 Å². The smallest absolute Gasteiger partial charge is 0.274 e. The van der Waals surface area contributed by atoms with Gasteiger partial charge in [-0.25, -0.2) is 9.97 Å². The lowest BCUT2D eigenvalue weighted by Crippen LogP contribution is -2.39. The van der Waals surface area contributed by atoms with Gasteiger partial charge in [0.15, 0.2) is 0 Å². The molecule has 1 aromatic carbocycles. The van der Waals surface area contributed by atoms with E-state index in [2.05, 4.69) is 20.2 Å². The molecule has 1 N–H and O–H groups in total. The molecule has 0 atom stereocenters. The van der Waals surface area contributed by atoms with Gasteiger partial charge < -0.3 is 15.0 Å². The highest BCUT2D eigenvalue weighted by atomic mass is 16.5. The van der Waals surface area contributed by atoms with Crippen molar-refractivity contribution >= 4 is 11.7 Å². The fourth-order valence-electron chi connectivity index (χ4n) is 2.99. The van der Waals surface area contributed by atoms with Crippen LogP contribution in [0.1, 0.15) is 23.0 Å². The molecule has 0 bridgehead atoms. The molecule has 1 aromatic heterocycles. The Morgan fingerprint density at radius 2 is 1.96 bits per heavy atom. The van der Waals surface area contributed by atoms with Crippen LogP contribution in [-0.2, 0) is 11.3 Å². The van der Waals surface area contributed by atoms with Crippen molar-refractivity contribution < 1.29 is 9.53 Å². The topological polar surface area (TPSA) is 70.6 Å². The molecule has 1 aliphatic heterocycles. The highest BCUT2D eigenvalue weighted by Gasteiger charge is 2.16. The van der Waals surface area contributed by atoms with E-state index in [1.165, 1.54) is 0 Å². The minimum absolute atomic E-state index is 0.103. The number of nitrogens with zero attached hydrogens (tertiary/aromatic N) is 4. The van der Waals surface area contributed by atoms with Crippen LogP contribution >= 0.6 is 0 Å². The third-order valence-electron chi connectivity index (χ3n) is 4.59. The van der Waals surface area contributed by atoms with Crippen LogP contribution in [0.3, 0.4) is 0 Å². The van der Waals surface area contributed by atoms with Crippen molar-refractivity contribution in [1.82, 2.24) is 19.8 Å². The molecule has 27 heavy (non-hydrogen) atoms. The van der Waals surface area contributed by atoms with Gasteiger partial charge in [-0.2, -0.15) is 0 Å². The predicted octanol–water partition coefficient (Wildman–Crippen LogP) is 1.88. The summed E-state index contributed by atoms with van der Waals surface area (Å²) in [5.74, 6) is 0.583. The Balaban J connectivity index is 1.51. The van der Waals surface area contributed by atoms with Crippen LogP contribution in [0.25, 0.3) is 0 Å². The van der Waals surface area contributed by atoms with Crippen LogP contribution in [-0.4, -0.2) is 71.6 Å². The lowest BCUT2D eigenvalue weighted by Gasteiger charge is -2.26. The number of anilines is 1. The maximum atomic E-state index is 12.7. The van der Waals surface area contributed by atoms with Crippen molar-refractivity contribution in [3.63, 3.8) is 0 Å². The van der Waals surface area contributed by atoms with Gasteiger partial charge in [0.05, 0.1) is 25.6 Å². The lowest BCUT2D eigenvalue weighted by atomic mass is 10.2. The largest absolute Gasteiger partial charge is 0.379 e. The van der Waals surface area contributed by atoms with E-state index in [-0.39, 0.29) is 5.91 Å². The van der Waals surface area contributed by atoms with Gasteiger partial charge in [-0.3, -0.25) is 9.69 Å². The second-order valence-corrected chi connectivity index (χ2v) is 6.47. The molecule has 0 spiro atoms. The molecule has 7 heteroatoms. The molecule has 2 heterocycles. The number of ether oxygens (including phenoxy) is 1.